The maximum atomic E-state index is 11.2. The molecule has 0 saturated carbocycles. The van der Waals surface area contributed by atoms with Gasteiger partial charge in [-0.25, -0.2) is 0 Å². The zero-order valence-corrected chi connectivity index (χ0v) is 10.1. The molecule has 4 heteroatoms. The highest BCUT2D eigenvalue weighted by Crippen LogP contribution is 2.18. The zero-order valence-electron chi connectivity index (χ0n) is 10.1. The summed E-state index contributed by atoms with van der Waals surface area (Å²) >= 11 is 0. The van der Waals surface area contributed by atoms with E-state index in [-0.39, 0.29) is 5.91 Å². The average molecular weight is 226 g/mol. The van der Waals surface area contributed by atoms with Crippen LogP contribution in [-0.4, -0.2) is 49.2 Å². The Bertz CT molecular complexity index is 231. The fraction of sp³-hybridized carbons (Fsp3) is 0.917. The molecule has 0 spiro atoms. The van der Waals surface area contributed by atoms with E-state index in [1.807, 2.05) is 4.90 Å². The highest BCUT2D eigenvalue weighted by Gasteiger charge is 2.24. The van der Waals surface area contributed by atoms with Crippen LogP contribution in [0.25, 0.3) is 0 Å². The van der Waals surface area contributed by atoms with Crippen molar-refractivity contribution in [2.24, 2.45) is 0 Å². The van der Waals surface area contributed by atoms with Gasteiger partial charge in [0.25, 0.3) is 0 Å². The van der Waals surface area contributed by atoms with Gasteiger partial charge in [-0.3, -0.25) is 4.79 Å². The van der Waals surface area contributed by atoms with E-state index in [1.54, 1.807) is 6.92 Å². The molecule has 16 heavy (non-hydrogen) atoms. The maximum Gasteiger partial charge on any atom is 0.219 e. The van der Waals surface area contributed by atoms with Gasteiger partial charge in [0.1, 0.15) is 0 Å². The predicted octanol–water partition coefficient (Wildman–Crippen LogP) is 0.766. The number of hydrogen-bond acceptors (Lipinski definition) is 3. The summed E-state index contributed by atoms with van der Waals surface area (Å²) in [6.07, 6.45) is 5.08. The lowest BCUT2D eigenvalue weighted by Gasteiger charge is -2.34. The lowest BCUT2D eigenvalue weighted by molar-refractivity contribution is -0.132. The predicted molar refractivity (Wildman–Crippen MR) is 62.3 cm³/mol. The van der Waals surface area contributed by atoms with Crippen LogP contribution in [-0.2, 0) is 9.53 Å². The minimum Gasteiger partial charge on any atom is -0.375 e. The van der Waals surface area contributed by atoms with Crippen LogP contribution in [0.4, 0.5) is 0 Å². The van der Waals surface area contributed by atoms with E-state index >= 15 is 0 Å². The molecular formula is C12H22N2O2. The molecule has 2 saturated heterocycles. The number of carbonyl (C=O) groups is 1. The van der Waals surface area contributed by atoms with Crippen LogP contribution in [0.15, 0.2) is 0 Å². The molecule has 1 amide bonds. The molecule has 0 aromatic carbocycles. The summed E-state index contributed by atoms with van der Waals surface area (Å²) in [6.45, 7) is 5.54. The van der Waals surface area contributed by atoms with Crippen molar-refractivity contribution in [2.45, 2.75) is 44.8 Å². The fourth-order valence-corrected chi connectivity index (χ4v) is 2.51. The molecule has 92 valence electrons. The molecule has 0 aromatic heterocycles. The van der Waals surface area contributed by atoms with Gasteiger partial charge in [-0.1, -0.05) is 0 Å². The topological polar surface area (TPSA) is 41.6 Å². The highest BCUT2D eigenvalue weighted by molar-refractivity contribution is 5.73. The molecule has 0 bridgehead atoms. The van der Waals surface area contributed by atoms with E-state index in [9.17, 15) is 4.79 Å². The van der Waals surface area contributed by atoms with Crippen LogP contribution in [0.5, 0.6) is 0 Å². The van der Waals surface area contributed by atoms with Crippen LogP contribution in [0.1, 0.15) is 32.6 Å². The molecule has 0 radical (unpaired) electrons. The second kappa shape index (κ2) is 5.64. The minimum absolute atomic E-state index is 0.195. The number of carbonyl (C=O) groups excluding carboxylic acids is 1. The smallest absolute Gasteiger partial charge is 0.219 e. The molecular weight excluding hydrogens is 204 g/mol. The Balaban J connectivity index is 1.70. The maximum absolute atomic E-state index is 11.2. The van der Waals surface area contributed by atoms with Crippen molar-refractivity contribution in [1.29, 1.82) is 0 Å². The largest absolute Gasteiger partial charge is 0.375 e. The van der Waals surface area contributed by atoms with Crippen molar-refractivity contribution in [2.75, 3.05) is 26.2 Å². The van der Waals surface area contributed by atoms with Crippen molar-refractivity contribution in [1.82, 2.24) is 10.2 Å². The number of amides is 1. The first kappa shape index (κ1) is 11.9. The van der Waals surface area contributed by atoms with Crippen LogP contribution in [0.2, 0.25) is 0 Å². The standard InChI is InChI=1S/C12H22N2O2/c1-10(15)14-8-4-12(5-9-14)16-11-2-6-13-7-3-11/h11-13H,2-9H2,1H3. The van der Waals surface area contributed by atoms with Gasteiger partial charge in [0.2, 0.25) is 5.91 Å². The van der Waals surface area contributed by atoms with E-state index in [0.29, 0.717) is 12.2 Å². The van der Waals surface area contributed by atoms with Gasteiger partial charge in [-0.15, -0.1) is 0 Å². The third-order valence-electron chi connectivity index (χ3n) is 3.56. The second-order valence-corrected chi connectivity index (χ2v) is 4.79. The van der Waals surface area contributed by atoms with E-state index in [1.165, 1.54) is 0 Å². The van der Waals surface area contributed by atoms with Crippen LogP contribution in [0, 0.1) is 0 Å². The zero-order chi connectivity index (χ0) is 11.4. The first-order chi connectivity index (χ1) is 7.75. The molecule has 0 atom stereocenters. The average Bonchev–Trinajstić information content (AvgIpc) is 2.31. The van der Waals surface area contributed by atoms with Crippen molar-refractivity contribution < 1.29 is 9.53 Å². The van der Waals surface area contributed by atoms with E-state index < -0.39 is 0 Å². The summed E-state index contributed by atoms with van der Waals surface area (Å²) in [5.41, 5.74) is 0. The molecule has 4 nitrogen and oxygen atoms in total. The number of nitrogens with zero attached hydrogens (tertiary/aromatic N) is 1. The number of rotatable bonds is 2. The highest BCUT2D eigenvalue weighted by atomic mass is 16.5. The number of hydrogen-bond donors (Lipinski definition) is 1. The summed E-state index contributed by atoms with van der Waals surface area (Å²) in [5.74, 6) is 0.195. The number of piperidine rings is 2. The molecule has 0 unspecified atom stereocenters. The van der Waals surface area contributed by atoms with E-state index in [4.69, 9.17) is 4.74 Å². The van der Waals surface area contributed by atoms with Gasteiger partial charge >= 0.3 is 0 Å². The monoisotopic (exact) mass is 226 g/mol. The van der Waals surface area contributed by atoms with Crippen LogP contribution < -0.4 is 5.32 Å². The summed E-state index contributed by atoms with van der Waals surface area (Å²) in [4.78, 5) is 13.1. The van der Waals surface area contributed by atoms with Gasteiger partial charge in [0, 0.05) is 20.0 Å². The van der Waals surface area contributed by atoms with E-state index in [2.05, 4.69) is 5.32 Å². The lowest BCUT2D eigenvalue weighted by Crippen LogP contribution is -2.42. The first-order valence-electron chi connectivity index (χ1n) is 6.37. The number of nitrogens with one attached hydrogen (secondary N) is 1. The Kier molecular flexibility index (Phi) is 4.18. The SMILES string of the molecule is CC(=O)N1CCC(OC2CCNCC2)CC1. The fourth-order valence-electron chi connectivity index (χ4n) is 2.51. The molecule has 2 aliphatic heterocycles. The Morgan fingerprint density at radius 1 is 1.12 bits per heavy atom. The summed E-state index contributed by atoms with van der Waals surface area (Å²) < 4.78 is 6.08. The number of ether oxygens (including phenoxy) is 1. The van der Waals surface area contributed by atoms with Gasteiger partial charge in [-0.2, -0.15) is 0 Å². The first-order valence-corrected chi connectivity index (χ1v) is 6.37. The molecule has 2 fully saturated rings. The lowest BCUT2D eigenvalue weighted by atomic mass is 10.1. The molecule has 0 aromatic rings. The Morgan fingerprint density at radius 3 is 2.25 bits per heavy atom. The molecule has 1 N–H and O–H groups in total. The summed E-state index contributed by atoms with van der Waals surface area (Å²) in [6, 6.07) is 0. The van der Waals surface area contributed by atoms with Crippen molar-refractivity contribution >= 4 is 5.91 Å². The quantitative estimate of drug-likeness (QED) is 0.756. The normalized spacial score (nSPS) is 24.7. The Labute approximate surface area is 97.3 Å². The van der Waals surface area contributed by atoms with Gasteiger partial charge in [0.05, 0.1) is 12.2 Å². The summed E-state index contributed by atoms with van der Waals surface area (Å²) in [7, 11) is 0. The van der Waals surface area contributed by atoms with E-state index in [0.717, 1.165) is 51.9 Å². The molecule has 2 heterocycles. The third kappa shape index (κ3) is 3.19. The third-order valence-corrected chi connectivity index (χ3v) is 3.56. The van der Waals surface area contributed by atoms with Crippen molar-refractivity contribution in [3.05, 3.63) is 0 Å². The van der Waals surface area contributed by atoms with Crippen molar-refractivity contribution in [3.8, 4) is 0 Å². The second-order valence-electron chi connectivity index (χ2n) is 4.79. The molecule has 2 aliphatic rings. The minimum atomic E-state index is 0.195. The summed E-state index contributed by atoms with van der Waals surface area (Å²) in [5, 5.41) is 3.34. The van der Waals surface area contributed by atoms with Crippen LogP contribution >= 0.6 is 0 Å². The van der Waals surface area contributed by atoms with Crippen LogP contribution in [0.3, 0.4) is 0 Å². The van der Waals surface area contributed by atoms with Gasteiger partial charge in [0.15, 0.2) is 0 Å². The Morgan fingerprint density at radius 2 is 1.69 bits per heavy atom. The van der Waals surface area contributed by atoms with Crippen molar-refractivity contribution in [3.63, 3.8) is 0 Å². The Hall–Kier alpha value is -0.610. The van der Waals surface area contributed by atoms with Gasteiger partial charge in [-0.05, 0) is 38.8 Å². The molecule has 2 rings (SSSR count). The molecule has 0 aliphatic carbocycles. The van der Waals surface area contributed by atoms with Gasteiger partial charge < -0.3 is 15.0 Å². The number of likely N-dealkylation sites (tertiary alicyclic amines) is 1.